The molecule has 1 aliphatic heterocycles. The number of aromatic nitrogens is 1. The molecule has 0 aliphatic carbocycles. The van der Waals surface area contributed by atoms with Gasteiger partial charge in [0.1, 0.15) is 11.5 Å². The molecule has 8 heteroatoms. The van der Waals surface area contributed by atoms with Crippen LogP contribution in [0.4, 0.5) is 9.93 Å². The predicted octanol–water partition coefficient (Wildman–Crippen LogP) is 4.66. The number of hydrogen-bond acceptors (Lipinski definition) is 5. The van der Waals surface area contributed by atoms with E-state index in [1.54, 1.807) is 24.3 Å². The van der Waals surface area contributed by atoms with Gasteiger partial charge in [-0.05, 0) is 50.2 Å². The molecule has 1 aliphatic rings. The van der Waals surface area contributed by atoms with E-state index in [1.807, 2.05) is 49.1 Å². The van der Waals surface area contributed by atoms with E-state index in [9.17, 15) is 9.59 Å². The van der Waals surface area contributed by atoms with E-state index >= 15 is 0 Å². The Morgan fingerprint density at radius 3 is 2.48 bits per heavy atom. The number of carbonyl (C=O) groups excluding carboxylic acids is 2. The van der Waals surface area contributed by atoms with Gasteiger partial charge in [-0.1, -0.05) is 29.5 Å². The molecule has 0 atom stereocenters. The fourth-order valence-corrected chi connectivity index (χ4v) is 4.31. The second-order valence-electron chi connectivity index (χ2n) is 7.56. The molecule has 0 radical (unpaired) electrons. The molecule has 0 unspecified atom stereocenters. The molecule has 0 spiro atoms. The molecule has 31 heavy (non-hydrogen) atoms. The normalized spacial score (nSPS) is 12.9. The second kappa shape index (κ2) is 9.18. The van der Waals surface area contributed by atoms with Gasteiger partial charge in [-0.25, -0.2) is 9.78 Å². The van der Waals surface area contributed by atoms with Gasteiger partial charge in [0.25, 0.3) is 5.91 Å². The molecule has 0 bridgehead atoms. The summed E-state index contributed by atoms with van der Waals surface area (Å²) in [6.45, 7) is 4.88. The average molecular weight is 437 g/mol. The van der Waals surface area contributed by atoms with Crippen LogP contribution in [0.2, 0.25) is 0 Å². The highest BCUT2D eigenvalue weighted by molar-refractivity contribution is 7.15. The number of rotatable bonds is 5. The quantitative estimate of drug-likeness (QED) is 0.609. The summed E-state index contributed by atoms with van der Waals surface area (Å²) < 4.78 is 5.79. The van der Waals surface area contributed by atoms with Crippen LogP contribution in [0.25, 0.3) is 0 Å². The standard InChI is InChI=1S/C23H24N4O3S/c1-15(2)24-22(29)26-23-25-19-12-13-27(14-20(19)31-23)21(28)16-8-10-18(11-9-16)30-17-6-4-3-5-7-17/h3-11,15H,12-14H2,1-2H3,(H2,24,25,26,29). The van der Waals surface area contributed by atoms with E-state index in [1.165, 1.54) is 11.3 Å². The van der Waals surface area contributed by atoms with Gasteiger partial charge in [-0.2, -0.15) is 0 Å². The number of urea groups is 1. The number of hydrogen-bond donors (Lipinski definition) is 2. The molecule has 0 fully saturated rings. The minimum atomic E-state index is -0.271. The van der Waals surface area contributed by atoms with Crippen molar-refractivity contribution in [2.45, 2.75) is 32.9 Å². The summed E-state index contributed by atoms with van der Waals surface area (Å²) in [6.07, 6.45) is 0.667. The van der Waals surface area contributed by atoms with Gasteiger partial charge < -0.3 is 15.0 Å². The smallest absolute Gasteiger partial charge is 0.321 e. The third-order valence-corrected chi connectivity index (χ3v) is 5.74. The van der Waals surface area contributed by atoms with Gasteiger partial charge in [-0.3, -0.25) is 10.1 Å². The van der Waals surface area contributed by atoms with Gasteiger partial charge in [0, 0.05) is 29.4 Å². The molecule has 0 saturated carbocycles. The van der Waals surface area contributed by atoms with Crippen molar-refractivity contribution in [3.63, 3.8) is 0 Å². The molecule has 7 nitrogen and oxygen atoms in total. The Bertz CT molecular complexity index is 1060. The Labute approximate surface area is 185 Å². The van der Waals surface area contributed by atoms with Gasteiger partial charge in [0.05, 0.1) is 12.2 Å². The summed E-state index contributed by atoms with van der Waals surface area (Å²) in [5.74, 6) is 1.40. The SMILES string of the molecule is CC(C)NC(=O)Nc1nc2c(s1)CN(C(=O)c1ccc(Oc3ccccc3)cc1)CC2. The minimum absolute atomic E-state index is 0.0302. The number of anilines is 1. The van der Waals surface area contributed by atoms with Crippen LogP contribution in [0, 0.1) is 0 Å². The summed E-state index contributed by atoms with van der Waals surface area (Å²) in [6, 6.07) is 16.5. The minimum Gasteiger partial charge on any atom is -0.457 e. The Kier molecular flexibility index (Phi) is 6.18. The van der Waals surface area contributed by atoms with Crippen molar-refractivity contribution in [1.82, 2.24) is 15.2 Å². The van der Waals surface area contributed by atoms with Crippen LogP contribution < -0.4 is 15.4 Å². The van der Waals surface area contributed by atoms with Crippen LogP contribution in [0.15, 0.2) is 54.6 Å². The van der Waals surface area contributed by atoms with E-state index in [0.717, 1.165) is 16.3 Å². The third-order valence-electron chi connectivity index (χ3n) is 4.74. The van der Waals surface area contributed by atoms with E-state index in [0.29, 0.717) is 36.0 Å². The average Bonchev–Trinajstić information content (AvgIpc) is 3.15. The van der Waals surface area contributed by atoms with Crippen molar-refractivity contribution in [2.75, 3.05) is 11.9 Å². The van der Waals surface area contributed by atoms with Crippen molar-refractivity contribution in [1.29, 1.82) is 0 Å². The Morgan fingerprint density at radius 1 is 1.06 bits per heavy atom. The molecular formula is C23H24N4O3S. The number of amides is 3. The summed E-state index contributed by atoms with van der Waals surface area (Å²) in [5.41, 5.74) is 1.56. The summed E-state index contributed by atoms with van der Waals surface area (Å²) in [5, 5.41) is 6.11. The zero-order chi connectivity index (χ0) is 21.8. The highest BCUT2D eigenvalue weighted by Gasteiger charge is 2.25. The number of nitrogens with one attached hydrogen (secondary N) is 2. The van der Waals surface area contributed by atoms with Crippen molar-refractivity contribution >= 4 is 28.4 Å². The Balaban J connectivity index is 1.39. The summed E-state index contributed by atoms with van der Waals surface area (Å²) in [7, 11) is 0. The monoisotopic (exact) mass is 436 g/mol. The van der Waals surface area contributed by atoms with E-state index in [-0.39, 0.29) is 18.0 Å². The van der Waals surface area contributed by atoms with Crippen LogP contribution in [0.3, 0.4) is 0 Å². The van der Waals surface area contributed by atoms with Crippen molar-refractivity contribution < 1.29 is 14.3 Å². The molecular weight excluding hydrogens is 412 g/mol. The molecule has 2 aromatic carbocycles. The molecule has 3 aromatic rings. The van der Waals surface area contributed by atoms with Gasteiger partial charge in [-0.15, -0.1) is 0 Å². The lowest BCUT2D eigenvalue weighted by molar-refractivity contribution is 0.0736. The Morgan fingerprint density at radius 2 is 1.77 bits per heavy atom. The highest BCUT2D eigenvalue weighted by atomic mass is 32.1. The van der Waals surface area contributed by atoms with Crippen LogP contribution in [-0.4, -0.2) is 34.4 Å². The fourth-order valence-electron chi connectivity index (χ4n) is 3.29. The number of ether oxygens (including phenoxy) is 1. The maximum Gasteiger partial charge on any atom is 0.321 e. The molecule has 160 valence electrons. The van der Waals surface area contributed by atoms with Crippen LogP contribution in [0.5, 0.6) is 11.5 Å². The molecule has 4 rings (SSSR count). The molecule has 1 aromatic heterocycles. The predicted molar refractivity (Wildman–Crippen MR) is 121 cm³/mol. The van der Waals surface area contributed by atoms with Crippen LogP contribution in [-0.2, 0) is 13.0 Å². The number of carbonyl (C=O) groups is 2. The molecule has 2 N–H and O–H groups in total. The fraction of sp³-hybridized carbons (Fsp3) is 0.261. The first-order valence-corrected chi connectivity index (χ1v) is 11.0. The largest absolute Gasteiger partial charge is 0.457 e. The second-order valence-corrected chi connectivity index (χ2v) is 8.64. The lowest BCUT2D eigenvalue weighted by Crippen LogP contribution is -2.35. The van der Waals surface area contributed by atoms with Crippen LogP contribution in [0.1, 0.15) is 34.8 Å². The summed E-state index contributed by atoms with van der Waals surface area (Å²) >= 11 is 1.41. The van der Waals surface area contributed by atoms with Crippen LogP contribution >= 0.6 is 11.3 Å². The van der Waals surface area contributed by atoms with Gasteiger partial charge in [0.2, 0.25) is 0 Å². The maximum atomic E-state index is 13.0. The van der Waals surface area contributed by atoms with Crippen molar-refractivity contribution in [3.8, 4) is 11.5 Å². The Hall–Kier alpha value is -3.39. The topological polar surface area (TPSA) is 83.6 Å². The number of para-hydroxylation sites is 1. The number of benzene rings is 2. The molecule has 0 saturated heterocycles. The number of thiazole rings is 1. The van der Waals surface area contributed by atoms with Crippen molar-refractivity contribution in [3.05, 3.63) is 70.7 Å². The van der Waals surface area contributed by atoms with Gasteiger partial charge in [0.15, 0.2) is 5.13 Å². The van der Waals surface area contributed by atoms with E-state index < -0.39 is 0 Å². The lowest BCUT2D eigenvalue weighted by Gasteiger charge is -2.26. The lowest BCUT2D eigenvalue weighted by atomic mass is 10.1. The van der Waals surface area contributed by atoms with E-state index in [2.05, 4.69) is 15.6 Å². The zero-order valence-corrected chi connectivity index (χ0v) is 18.2. The third kappa shape index (κ3) is 5.21. The van der Waals surface area contributed by atoms with Gasteiger partial charge >= 0.3 is 6.03 Å². The van der Waals surface area contributed by atoms with Crippen molar-refractivity contribution in [2.24, 2.45) is 0 Å². The summed E-state index contributed by atoms with van der Waals surface area (Å²) in [4.78, 5) is 32.2. The first-order valence-electron chi connectivity index (χ1n) is 10.2. The zero-order valence-electron chi connectivity index (χ0n) is 17.4. The first kappa shape index (κ1) is 20.9. The first-order chi connectivity index (χ1) is 15.0. The maximum absolute atomic E-state index is 13.0. The highest BCUT2D eigenvalue weighted by Crippen LogP contribution is 2.29. The molecule has 3 amide bonds. The van der Waals surface area contributed by atoms with E-state index in [4.69, 9.17) is 4.74 Å². The number of fused-ring (bicyclic) bond motifs is 1. The molecule has 2 heterocycles. The number of nitrogens with zero attached hydrogens (tertiary/aromatic N) is 2.